The lowest BCUT2D eigenvalue weighted by atomic mass is 9.84. The first kappa shape index (κ1) is 19.3. The Hall–Kier alpha value is -2.50. The van der Waals surface area contributed by atoms with Crippen LogP contribution in [0.3, 0.4) is 0 Å². The van der Waals surface area contributed by atoms with Crippen molar-refractivity contribution in [1.29, 1.82) is 0 Å². The first-order chi connectivity index (χ1) is 13.1. The molecule has 27 heavy (non-hydrogen) atoms. The fourth-order valence-electron chi connectivity index (χ4n) is 4.13. The number of nitrogens with zero attached hydrogens (tertiary/aromatic N) is 3. The number of likely N-dealkylation sites (tertiary alicyclic amines) is 1. The Morgan fingerprint density at radius 3 is 2.63 bits per heavy atom. The van der Waals surface area contributed by atoms with Gasteiger partial charge < -0.3 is 10.2 Å². The number of allylic oxidation sites excluding steroid dienone is 2. The van der Waals surface area contributed by atoms with E-state index in [1.807, 2.05) is 26.0 Å². The van der Waals surface area contributed by atoms with Crippen molar-refractivity contribution < 1.29 is 9.59 Å². The van der Waals surface area contributed by atoms with Crippen LogP contribution in [0.15, 0.2) is 41.9 Å². The van der Waals surface area contributed by atoms with Crippen molar-refractivity contribution in [2.75, 3.05) is 11.9 Å². The molecule has 1 aromatic rings. The summed E-state index contributed by atoms with van der Waals surface area (Å²) in [6.45, 7) is 4.29. The second-order valence-electron chi connectivity index (χ2n) is 7.28. The van der Waals surface area contributed by atoms with Crippen molar-refractivity contribution in [3.8, 4) is 0 Å². The number of hydrogen-bond acceptors (Lipinski definition) is 4. The fraction of sp³-hybridized carbons (Fsp3) is 0.524. The first-order valence-corrected chi connectivity index (χ1v) is 9.83. The lowest BCUT2D eigenvalue weighted by molar-refractivity contribution is -0.134. The number of aromatic nitrogens is 2. The van der Waals surface area contributed by atoms with Crippen molar-refractivity contribution in [3.63, 3.8) is 0 Å². The van der Waals surface area contributed by atoms with Crippen LogP contribution in [-0.2, 0) is 9.59 Å². The van der Waals surface area contributed by atoms with Crippen LogP contribution < -0.4 is 5.32 Å². The summed E-state index contributed by atoms with van der Waals surface area (Å²) < 4.78 is 0. The fourth-order valence-corrected chi connectivity index (χ4v) is 4.13. The van der Waals surface area contributed by atoms with E-state index in [0.717, 1.165) is 18.4 Å². The lowest BCUT2D eigenvalue weighted by Gasteiger charge is -2.31. The summed E-state index contributed by atoms with van der Waals surface area (Å²) in [5.41, 5.74) is 1.70. The van der Waals surface area contributed by atoms with E-state index in [4.69, 9.17) is 0 Å². The third kappa shape index (κ3) is 4.43. The standard InChI is InChI=1S/C21H28N4O2/c1-3-16-14-25(21(27)17(16)4-2)18(12-15-8-6-5-7-9-15)20(26)24-19-13-22-10-11-23-19/h3-4,10-11,13,15,18H,5-9,12,14H2,1-2H3,(H,23,24,26)/b16-3-,17-4+/t18-/m0/s1. The second-order valence-corrected chi connectivity index (χ2v) is 7.28. The predicted octanol–water partition coefficient (Wildman–Crippen LogP) is 3.49. The van der Waals surface area contributed by atoms with Crippen molar-refractivity contribution in [3.05, 3.63) is 41.9 Å². The summed E-state index contributed by atoms with van der Waals surface area (Å²) in [5.74, 6) is 0.663. The van der Waals surface area contributed by atoms with Gasteiger partial charge in [-0.2, -0.15) is 0 Å². The summed E-state index contributed by atoms with van der Waals surface area (Å²) >= 11 is 0. The highest BCUT2D eigenvalue weighted by atomic mass is 16.2. The van der Waals surface area contributed by atoms with Crippen LogP contribution in [0.25, 0.3) is 0 Å². The van der Waals surface area contributed by atoms with Gasteiger partial charge >= 0.3 is 0 Å². The molecule has 1 aliphatic carbocycles. The van der Waals surface area contributed by atoms with Gasteiger partial charge in [0.15, 0.2) is 5.82 Å². The van der Waals surface area contributed by atoms with Gasteiger partial charge in [0.05, 0.1) is 6.20 Å². The molecule has 2 aliphatic rings. The third-order valence-corrected chi connectivity index (χ3v) is 5.59. The van der Waals surface area contributed by atoms with Gasteiger partial charge in [0.2, 0.25) is 5.91 Å². The summed E-state index contributed by atoms with van der Waals surface area (Å²) in [6, 6.07) is -0.491. The zero-order valence-corrected chi connectivity index (χ0v) is 16.1. The number of rotatable bonds is 5. The molecule has 1 N–H and O–H groups in total. The van der Waals surface area contributed by atoms with Crippen LogP contribution in [0.5, 0.6) is 0 Å². The molecular weight excluding hydrogens is 340 g/mol. The molecule has 0 spiro atoms. The molecule has 6 heteroatoms. The highest BCUT2D eigenvalue weighted by Gasteiger charge is 2.39. The third-order valence-electron chi connectivity index (χ3n) is 5.59. The van der Waals surface area contributed by atoms with E-state index in [1.54, 1.807) is 17.3 Å². The van der Waals surface area contributed by atoms with E-state index in [2.05, 4.69) is 15.3 Å². The Kier molecular flexibility index (Phi) is 6.37. The van der Waals surface area contributed by atoms with Gasteiger partial charge in [-0.25, -0.2) is 4.98 Å². The normalized spacial score (nSPS) is 22.4. The summed E-state index contributed by atoms with van der Waals surface area (Å²) in [6.07, 6.45) is 15.1. The molecule has 2 heterocycles. The molecule has 3 rings (SSSR count). The zero-order valence-electron chi connectivity index (χ0n) is 16.1. The number of nitrogens with one attached hydrogen (secondary N) is 1. The monoisotopic (exact) mass is 368 g/mol. The molecule has 0 bridgehead atoms. The quantitative estimate of drug-likeness (QED) is 0.807. The minimum Gasteiger partial charge on any atom is -0.322 e. The number of carbonyl (C=O) groups excluding carboxylic acids is 2. The molecular formula is C21H28N4O2. The summed E-state index contributed by atoms with van der Waals surface area (Å²) in [7, 11) is 0. The van der Waals surface area contributed by atoms with Gasteiger partial charge in [-0.3, -0.25) is 14.6 Å². The zero-order chi connectivity index (χ0) is 19.2. The van der Waals surface area contributed by atoms with Crippen molar-refractivity contribution in [2.45, 2.75) is 58.4 Å². The van der Waals surface area contributed by atoms with E-state index in [-0.39, 0.29) is 11.8 Å². The Morgan fingerprint density at radius 1 is 1.26 bits per heavy atom. The molecule has 1 aliphatic heterocycles. The van der Waals surface area contributed by atoms with Crippen molar-refractivity contribution >= 4 is 17.6 Å². The van der Waals surface area contributed by atoms with Crippen LogP contribution in [0.2, 0.25) is 0 Å². The first-order valence-electron chi connectivity index (χ1n) is 9.83. The van der Waals surface area contributed by atoms with E-state index in [1.165, 1.54) is 25.5 Å². The minimum absolute atomic E-state index is 0.0549. The van der Waals surface area contributed by atoms with Crippen LogP contribution in [0.4, 0.5) is 5.82 Å². The average Bonchev–Trinajstić information content (AvgIpc) is 3.03. The molecule has 1 saturated heterocycles. The average molecular weight is 368 g/mol. The van der Waals surface area contributed by atoms with Gasteiger partial charge in [-0.05, 0) is 31.8 Å². The van der Waals surface area contributed by atoms with Crippen LogP contribution in [0.1, 0.15) is 52.4 Å². The highest BCUT2D eigenvalue weighted by molar-refractivity contribution is 6.05. The number of carbonyl (C=O) groups is 2. The maximum absolute atomic E-state index is 13.1. The van der Waals surface area contributed by atoms with E-state index in [9.17, 15) is 9.59 Å². The SMILES string of the molecule is C/C=C1/CN([C@@H](CC2CCCCC2)C(=O)Nc2cnccn2)C(=O)/C1=C/C. The van der Waals surface area contributed by atoms with E-state index < -0.39 is 6.04 Å². The van der Waals surface area contributed by atoms with E-state index in [0.29, 0.717) is 30.3 Å². The van der Waals surface area contributed by atoms with Crippen LogP contribution in [-0.4, -0.2) is 39.3 Å². The minimum atomic E-state index is -0.491. The largest absolute Gasteiger partial charge is 0.322 e. The molecule has 0 aromatic carbocycles. The van der Waals surface area contributed by atoms with Gasteiger partial charge in [0.1, 0.15) is 6.04 Å². The Labute approximate surface area is 160 Å². The topological polar surface area (TPSA) is 75.2 Å². The van der Waals surface area contributed by atoms with Crippen LogP contribution in [0, 0.1) is 5.92 Å². The Bertz CT molecular complexity index is 736. The van der Waals surface area contributed by atoms with Gasteiger partial charge in [-0.1, -0.05) is 44.3 Å². The maximum atomic E-state index is 13.1. The van der Waals surface area contributed by atoms with Crippen molar-refractivity contribution in [1.82, 2.24) is 14.9 Å². The van der Waals surface area contributed by atoms with Crippen LogP contribution >= 0.6 is 0 Å². The molecule has 2 fully saturated rings. The Morgan fingerprint density at radius 2 is 2.04 bits per heavy atom. The van der Waals surface area contributed by atoms with Gasteiger partial charge in [0, 0.05) is 24.5 Å². The number of anilines is 1. The maximum Gasteiger partial charge on any atom is 0.254 e. The molecule has 6 nitrogen and oxygen atoms in total. The predicted molar refractivity (Wildman–Crippen MR) is 105 cm³/mol. The smallest absolute Gasteiger partial charge is 0.254 e. The number of amides is 2. The highest BCUT2D eigenvalue weighted by Crippen LogP contribution is 2.32. The molecule has 0 radical (unpaired) electrons. The molecule has 1 atom stereocenters. The van der Waals surface area contributed by atoms with Gasteiger partial charge in [-0.15, -0.1) is 0 Å². The van der Waals surface area contributed by atoms with E-state index >= 15 is 0 Å². The second kappa shape index (κ2) is 8.93. The molecule has 144 valence electrons. The van der Waals surface area contributed by atoms with Crippen molar-refractivity contribution in [2.24, 2.45) is 5.92 Å². The molecule has 1 saturated carbocycles. The molecule has 1 aromatic heterocycles. The summed E-state index contributed by atoms with van der Waals surface area (Å²) in [4.78, 5) is 35.9. The molecule has 2 amide bonds. The summed E-state index contributed by atoms with van der Waals surface area (Å²) in [5, 5.41) is 2.85. The molecule has 0 unspecified atom stereocenters. The number of hydrogen-bond donors (Lipinski definition) is 1. The van der Waals surface area contributed by atoms with Gasteiger partial charge in [0.25, 0.3) is 5.91 Å². The lowest BCUT2D eigenvalue weighted by Crippen LogP contribution is -2.46. The Balaban J connectivity index is 1.83.